The first-order valence-corrected chi connectivity index (χ1v) is 28.4. The molecule has 3 rings (SSSR count). The van der Waals surface area contributed by atoms with E-state index in [1.54, 1.807) is 17.8 Å². The van der Waals surface area contributed by atoms with Crippen molar-refractivity contribution < 1.29 is 33.2 Å². The Hall–Kier alpha value is -2.16. The molecule has 2 amide bonds. The number of rotatable bonds is 40. The molecule has 2 aromatic heterocycles. The van der Waals surface area contributed by atoms with E-state index < -0.39 is 38.3 Å². The lowest BCUT2D eigenvalue weighted by Gasteiger charge is -2.36. The molecule has 0 saturated carbocycles. The minimum Gasteiger partial charge on any atom is -0.382 e. The third-order valence-corrected chi connectivity index (χ3v) is 13.9. The molecule has 0 radical (unpaired) electrons. The van der Waals surface area contributed by atoms with E-state index >= 15 is 0 Å². The summed E-state index contributed by atoms with van der Waals surface area (Å²) >= 11 is 3.29. The molecule has 5 atom stereocenters. The number of imidazole rings is 1. The summed E-state index contributed by atoms with van der Waals surface area (Å²) < 4.78 is 26.5. The van der Waals surface area contributed by atoms with Crippen molar-refractivity contribution >= 4 is 52.5 Å². The first-order chi connectivity index (χ1) is 31.4. The molecular weight excluding hydrogens is 909 g/mol. The predicted octanol–water partition coefficient (Wildman–Crippen LogP) is 12.8. The molecule has 1 aliphatic heterocycles. The van der Waals surface area contributed by atoms with Crippen molar-refractivity contribution in [3.63, 3.8) is 0 Å². The fourth-order valence-corrected chi connectivity index (χ4v) is 10.2. The summed E-state index contributed by atoms with van der Waals surface area (Å²) in [5.41, 5.74) is 6.93. The van der Waals surface area contributed by atoms with Gasteiger partial charge >= 0.3 is 7.82 Å². The van der Waals surface area contributed by atoms with Gasteiger partial charge in [0.2, 0.25) is 16.5 Å². The Balaban J connectivity index is 1.51. The lowest BCUT2D eigenvalue weighted by atomic mass is 9.96. The summed E-state index contributed by atoms with van der Waals surface area (Å²) in [6.45, 7) is 6.26. The van der Waals surface area contributed by atoms with E-state index in [1.165, 1.54) is 148 Å². The van der Waals surface area contributed by atoms with Gasteiger partial charge in [-0.15, -0.1) is 0 Å². The maximum absolute atomic E-state index is 13.6. The maximum atomic E-state index is 13.6. The topological polar surface area (TPSA) is 204 Å². The first kappa shape index (κ1) is 57.2. The highest BCUT2D eigenvalue weighted by atomic mass is 79.9. The van der Waals surface area contributed by atoms with Crippen molar-refractivity contribution in [2.45, 2.75) is 270 Å². The number of fused-ring (bicyclic) bond motifs is 1. The second kappa shape index (κ2) is 34.2. The van der Waals surface area contributed by atoms with E-state index in [2.05, 4.69) is 55.4 Å². The Kier molecular flexibility index (Phi) is 30.1. The van der Waals surface area contributed by atoms with Crippen LogP contribution in [-0.4, -0.2) is 65.4 Å². The quantitative estimate of drug-likeness (QED) is 0.0241. The molecule has 1 aliphatic rings. The van der Waals surface area contributed by atoms with Crippen molar-refractivity contribution in [2.75, 3.05) is 5.73 Å². The number of hydrogen-bond acceptors (Lipinski definition) is 9. The van der Waals surface area contributed by atoms with E-state index in [-0.39, 0.29) is 28.8 Å². The normalized spacial score (nSPS) is 16.8. The second-order valence-electron chi connectivity index (χ2n) is 18.8. The minimum absolute atomic E-state index is 0.179. The molecular formula is C49H89BrN7O7P. The van der Waals surface area contributed by atoms with Crippen molar-refractivity contribution in [1.29, 1.82) is 0 Å². The zero-order valence-electron chi connectivity index (χ0n) is 40.6. The van der Waals surface area contributed by atoms with Gasteiger partial charge in [-0.05, 0) is 48.5 Å². The summed E-state index contributed by atoms with van der Waals surface area (Å²) in [5.74, 6) is -0.245. The van der Waals surface area contributed by atoms with Crippen LogP contribution in [0, 0.1) is 0 Å². The van der Waals surface area contributed by atoms with Crippen LogP contribution < -0.4 is 16.4 Å². The van der Waals surface area contributed by atoms with Crippen LogP contribution >= 0.6 is 23.8 Å². The van der Waals surface area contributed by atoms with Crippen LogP contribution in [0.4, 0.5) is 5.82 Å². The number of aromatic nitrogens is 4. The molecule has 374 valence electrons. The van der Waals surface area contributed by atoms with Crippen LogP contribution in [0.3, 0.4) is 0 Å². The molecule has 1 saturated heterocycles. The van der Waals surface area contributed by atoms with E-state index in [4.69, 9.17) is 15.0 Å². The molecule has 0 aliphatic carbocycles. The number of ether oxygens (including phenoxy) is 1. The highest BCUT2D eigenvalue weighted by molar-refractivity contribution is 9.10. The average Bonchev–Trinajstić information content (AvgIpc) is 3.92. The van der Waals surface area contributed by atoms with Gasteiger partial charge in [0.25, 0.3) is 0 Å². The molecule has 6 N–H and O–H groups in total. The van der Waals surface area contributed by atoms with Gasteiger partial charge < -0.3 is 30.9 Å². The van der Waals surface area contributed by atoms with Crippen LogP contribution in [0.15, 0.2) is 11.1 Å². The van der Waals surface area contributed by atoms with E-state index in [0.717, 1.165) is 38.5 Å². The zero-order chi connectivity index (χ0) is 47.1. The fourth-order valence-electron chi connectivity index (χ4n) is 9.22. The molecule has 0 aromatic carbocycles. The highest BCUT2D eigenvalue weighted by Crippen LogP contribution is 2.43. The predicted molar refractivity (Wildman–Crippen MR) is 266 cm³/mol. The number of halogens is 1. The molecule has 0 bridgehead atoms. The SMILES string of the molecule is CCCCCCCCCCCCCCCCCC(=O)NC(C)C(NC(=O)CCCCCCCCCCCCCCCCC)C(OP(=O)(O)O)[C@@H]1CC[C@H](n2cnc3c(N)nc(Br)nc32)O1. The van der Waals surface area contributed by atoms with Crippen molar-refractivity contribution in [1.82, 2.24) is 30.2 Å². The number of carbonyl (C=O) groups excluding carboxylic acids is 2. The Morgan fingerprint density at radius 1 is 0.723 bits per heavy atom. The lowest BCUT2D eigenvalue weighted by molar-refractivity contribution is -0.127. The van der Waals surface area contributed by atoms with E-state index in [1.807, 2.05) is 0 Å². The van der Waals surface area contributed by atoms with Crippen LogP contribution in [0.25, 0.3) is 11.2 Å². The number of anilines is 1. The van der Waals surface area contributed by atoms with Crippen LogP contribution in [0.1, 0.15) is 245 Å². The van der Waals surface area contributed by atoms with Gasteiger partial charge in [0, 0.05) is 18.9 Å². The standard InChI is InChI=1S/C49H89BrN7O7P/c1-4-6-8-10-12-14-16-18-20-22-24-26-28-30-32-34-41(58)53-39(3)44(54-42(59)35-33-31-29-27-25-23-21-19-17-15-13-11-9-7-5-2)46(64-65(60,61)62)40-36-37-43(63-40)57-38-52-45-47(51)55-49(50)56-48(45)57/h38-40,43-44,46H,4-37H2,1-3H3,(H,53,58)(H,54,59)(H2,51,55,56)(H2,60,61,62)/t39?,40-,43+,44?,46?/m0/s1. The van der Waals surface area contributed by atoms with Gasteiger partial charge in [-0.25, -0.2) is 19.5 Å². The van der Waals surface area contributed by atoms with Crippen molar-refractivity contribution in [3.05, 3.63) is 11.1 Å². The average molecular weight is 999 g/mol. The van der Waals surface area contributed by atoms with E-state index in [9.17, 15) is 23.9 Å². The smallest absolute Gasteiger partial charge is 0.382 e. The molecule has 14 nitrogen and oxygen atoms in total. The van der Waals surface area contributed by atoms with Gasteiger partial charge in [-0.3, -0.25) is 18.7 Å². The maximum Gasteiger partial charge on any atom is 0.470 e. The number of amides is 2. The number of carbonyl (C=O) groups is 2. The van der Waals surface area contributed by atoms with Gasteiger partial charge in [-0.2, -0.15) is 0 Å². The second-order valence-corrected chi connectivity index (χ2v) is 20.7. The van der Waals surface area contributed by atoms with Crippen molar-refractivity contribution in [2.24, 2.45) is 0 Å². The third-order valence-electron chi connectivity index (χ3n) is 13.0. The number of hydrogen-bond donors (Lipinski definition) is 5. The number of nitrogens with zero attached hydrogens (tertiary/aromatic N) is 4. The Labute approximate surface area is 400 Å². The molecule has 16 heteroatoms. The monoisotopic (exact) mass is 998 g/mol. The van der Waals surface area contributed by atoms with Gasteiger partial charge in [0.15, 0.2) is 11.5 Å². The number of unbranched alkanes of at least 4 members (excludes halogenated alkanes) is 28. The summed E-state index contributed by atoms with van der Waals surface area (Å²) in [6.07, 6.45) is 37.0. The number of nitrogens with two attached hydrogens (primary N) is 1. The molecule has 65 heavy (non-hydrogen) atoms. The van der Waals surface area contributed by atoms with Crippen LogP contribution in [0.5, 0.6) is 0 Å². The summed E-state index contributed by atoms with van der Waals surface area (Å²) in [7, 11) is -5.08. The van der Waals surface area contributed by atoms with Crippen LogP contribution in [-0.2, 0) is 23.4 Å². The minimum atomic E-state index is -5.08. The van der Waals surface area contributed by atoms with Crippen LogP contribution in [0.2, 0.25) is 0 Å². The molecule has 2 aromatic rings. The third kappa shape index (κ3) is 24.6. The van der Waals surface area contributed by atoms with E-state index in [0.29, 0.717) is 36.8 Å². The highest BCUT2D eigenvalue weighted by Gasteiger charge is 2.44. The molecule has 3 unspecified atom stereocenters. The first-order valence-electron chi connectivity index (χ1n) is 26.1. The Bertz CT molecular complexity index is 1630. The summed E-state index contributed by atoms with van der Waals surface area (Å²) in [5, 5.41) is 6.05. The number of nitrogen functional groups attached to an aromatic ring is 1. The molecule has 0 spiro atoms. The number of phosphoric acid groups is 1. The molecule has 1 fully saturated rings. The lowest BCUT2D eigenvalue weighted by Crippen LogP contribution is -2.59. The zero-order valence-corrected chi connectivity index (χ0v) is 43.1. The number of phosphoric ester groups is 1. The van der Waals surface area contributed by atoms with Crippen molar-refractivity contribution in [3.8, 4) is 0 Å². The molecule has 3 heterocycles. The van der Waals surface area contributed by atoms with Gasteiger partial charge in [0.1, 0.15) is 17.8 Å². The fraction of sp³-hybridized carbons (Fsp3) is 0.857. The van der Waals surface area contributed by atoms with Gasteiger partial charge in [0.05, 0.1) is 18.5 Å². The number of nitrogens with one attached hydrogen (secondary N) is 2. The Morgan fingerprint density at radius 2 is 1.14 bits per heavy atom. The van der Waals surface area contributed by atoms with Gasteiger partial charge in [-0.1, -0.05) is 194 Å². The Morgan fingerprint density at radius 3 is 1.57 bits per heavy atom. The largest absolute Gasteiger partial charge is 0.470 e. The summed E-state index contributed by atoms with van der Waals surface area (Å²) in [6, 6.07) is -1.72. The summed E-state index contributed by atoms with van der Waals surface area (Å²) in [4.78, 5) is 60.2.